The molecule has 3 aromatic heterocycles. The number of benzene rings is 4. The second kappa shape index (κ2) is 9.57. The fraction of sp³-hybridized carbons (Fsp3) is 0.128. The number of para-hydroxylation sites is 1. The van der Waals surface area contributed by atoms with Gasteiger partial charge in [0.15, 0.2) is 0 Å². The van der Waals surface area contributed by atoms with Crippen molar-refractivity contribution in [2.45, 2.75) is 33.6 Å². The molecule has 0 aliphatic carbocycles. The summed E-state index contributed by atoms with van der Waals surface area (Å²) in [7, 11) is 0. The molecule has 2 aliphatic rings. The second-order valence-corrected chi connectivity index (χ2v) is 12.6. The number of aryl methyl sites for hydroxylation is 2. The smallest absolute Gasteiger partial charge is 0.260 e. The minimum Gasteiger partial charge on any atom is -0.458 e. The van der Waals surface area contributed by atoms with E-state index in [1.807, 2.05) is 24.5 Å². The molecule has 0 spiro atoms. The van der Waals surface area contributed by atoms with Gasteiger partial charge in [0.05, 0.1) is 16.7 Å². The maximum Gasteiger partial charge on any atom is 0.260 e. The third-order valence-corrected chi connectivity index (χ3v) is 9.32. The number of rotatable bonds is 3. The first kappa shape index (κ1) is 26.1. The van der Waals surface area contributed by atoms with E-state index < -0.39 is 0 Å². The molecule has 4 aromatic carbocycles. The van der Waals surface area contributed by atoms with Crippen LogP contribution in [-0.4, -0.2) is 21.2 Å². The van der Waals surface area contributed by atoms with E-state index in [9.17, 15) is 0 Å². The number of nitrogens with zero attached hydrogens (tertiary/aromatic N) is 3. The van der Waals surface area contributed by atoms with E-state index in [2.05, 4.69) is 111 Å². The fourth-order valence-corrected chi connectivity index (χ4v) is 7.21. The van der Waals surface area contributed by atoms with Crippen molar-refractivity contribution in [3.05, 3.63) is 120 Å². The van der Waals surface area contributed by atoms with Crippen LogP contribution in [0.15, 0.2) is 103 Å². The molecule has 6 heteroatoms. The Morgan fingerprint density at radius 3 is 2.24 bits per heavy atom. The molecule has 9 rings (SSSR count). The van der Waals surface area contributed by atoms with Gasteiger partial charge >= 0.3 is 0 Å². The van der Waals surface area contributed by atoms with Crippen molar-refractivity contribution in [2.75, 3.05) is 0 Å². The van der Waals surface area contributed by atoms with Crippen LogP contribution >= 0.6 is 0 Å². The third-order valence-electron chi connectivity index (χ3n) is 9.32. The van der Waals surface area contributed by atoms with E-state index in [0.29, 0.717) is 5.92 Å². The Morgan fingerprint density at radius 1 is 0.689 bits per heavy atom. The number of hydrogen-bond donors (Lipinski definition) is 0. The van der Waals surface area contributed by atoms with Gasteiger partial charge in [0.25, 0.3) is 6.71 Å². The van der Waals surface area contributed by atoms with E-state index in [4.69, 9.17) is 19.4 Å². The number of hydrogen-bond acceptors (Lipinski definition) is 4. The summed E-state index contributed by atoms with van der Waals surface area (Å²) in [6.45, 7) is 8.55. The van der Waals surface area contributed by atoms with Gasteiger partial charge in [0.1, 0.15) is 28.8 Å². The molecule has 7 aromatic rings. The Kier molecular flexibility index (Phi) is 5.55. The summed E-state index contributed by atoms with van der Waals surface area (Å²) in [6, 6.07) is 32.2. The van der Waals surface area contributed by atoms with Crippen LogP contribution in [0.25, 0.3) is 38.9 Å². The molecule has 45 heavy (non-hydrogen) atoms. The summed E-state index contributed by atoms with van der Waals surface area (Å²) in [5.41, 5.74) is 11.1. The summed E-state index contributed by atoms with van der Waals surface area (Å²) in [5, 5.41) is 2.31. The zero-order chi connectivity index (χ0) is 30.4. The molecule has 0 saturated carbocycles. The van der Waals surface area contributed by atoms with Crippen molar-refractivity contribution in [1.29, 1.82) is 0 Å². The summed E-state index contributed by atoms with van der Waals surface area (Å²) in [5.74, 6) is 4.68. The fourth-order valence-electron chi connectivity index (χ4n) is 7.21. The zero-order valence-corrected chi connectivity index (χ0v) is 25.6. The number of pyridine rings is 2. The predicted octanol–water partition coefficient (Wildman–Crippen LogP) is 7.71. The average molecular weight is 584 g/mol. The minimum absolute atomic E-state index is 0.0750. The molecule has 0 bridgehead atoms. The standard InChI is InChI=1S/C39H30BN3O2/c1-22(2)26-17-35-38-36(18-26)45-34-19-28-27-9-5-6-10-31(27)43(37-11-7-8-14-41-37)32(28)20-30(34)40(38)29-16-25(12-13-33(29)44-35)39-24(4)15-23(3)21-42-39/h5-22H,1-4H3. The number of fused-ring (bicyclic) bond motifs is 7. The number of ether oxygens (including phenoxy) is 2. The zero-order valence-electron chi connectivity index (χ0n) is 25.6. The highest BCUT2D eigenvalue weighted by Crippen LogP contribution is 2.41. The Morgan fingerprint density at radius 2 is 1.47 bits per heavy atom. The van der Waals surface area contributed by atoms with Gasteiger partial charge in [-0.1, -0.05) is 50.2 Å². The molecule has 2 aliphatic heterocycles. The molecular weight excluding hydrogens is 553 g/mol. The van der Waals surface area contributed by atoms with Crippen LogP contribution in [0, 0.1) is 13.8 Å². The SMILES string of the molecule is Cc1cnc(-c2ccc3c(c2)B2c4cc5c(cc4Oc4cc(C(C)C)cc(c42)O3)c2ccccc2n5-c2ccccn2)c(C)c1. The Hall–Kier alpha value is -5.36. The number of aromatic nitrogens is 3. The van der Waals surface area contributed by atoms with Crippen molar-refractivity contribution >= 4 is 44.9 Å². The lowest BCUT2D eigenvalue weighted by atomic mass is 9.34. The topological polar surface area (TPSA) is 49.2 Å². The summed E-state index contributed by atoms with van der Waals surface area (Å²) < 4.78 is 15.8. The Bertz CT molecular complexity index is 2340. The maximum absolute atomic E-state index is 6.83. The largest absolute Gasteiger partial charge is 0.458 e. The van der Waals surface area contributed by atoms with Crippen molar-refractivity contribution < 1.29 is 9.47 Å². The molecule has 5 nitrogen and oxygen atoms in total. The van der Waals surface area contributed by atoms with Gasteiger partial charge in [-0.15, -0.1) is 0 Å². The van der Waals surface area contributed by atoms with Crippen LogP contribution in [0.1, 0.15) is 36.5 Å². The van der Waals surface area contributed by atoms with Crippen LogP contribution in [0.3, 0.4) is 0 Å². The first-order valence-corrected chi connectivity index (χ1v) is 15.5. The molecule has 0 saturated heterocycles. The summed E-state index contributed by atoms with van der Waals surface area (Å²) in [6.07, 6.45) is 3.79. The average Bonchev–Trinajstić information content (AvgIpc) is 3.37. The van der Waals surface area contributed by atoms with E-state index in [1.54, 1.807) is 0 Å². The second-order valence-electron chi connectivity index (χ2n) is 12.6. The van der Waals surface area contributed by atoms with Gasteiger partial charge in [0.2, 0.25) is 0 Å². The van der Waals surface area contributed by atoms with E-state index in [0.717, 1.165) is 84.0 Å². The molecule has 5 heterocycles. The summed E-state index contributed by atoms with van der Waals surface area (Å²) in [4.78, 5) is 9.59. The molecule has 216 valence electrons. The lowest BCUT2D eigenvalue weighted by molar-refractivity contribution is 0.463. The van der Waals surface area contributed by atoms with Crippen LogP contribution in [0.4, 0.5) is 0 Å². The van der Waals surface area contributed by atoms with Crippen LogP contribution < -0.4 is 25.9 Å². The highest BCUT2D eigenvalue weighted by Gasteiger charge is 2.41. The van der Waals surface area contributed by atoms with Gasteiger partial charge < -0.3 is 9.47 Å². The first-order chi connectivity index (χ1) is 21.9. The van der Waals surface area contributed by atoms with Crippen LogP contribution in [0.2, 0.25) is 0 Å². The van der Waals surface area contributed by atoms with Gasteiger partial charge in [-0.25, -0.2) is 4.98 Å². The highest BCUT2D eigenvalue weighted by atomic mass is 16.5. The monoisotopic (exact) mass is 583 g/mol. The molecule has 0 atom stereocenters. The normalized spacial score (nSPS) is 13.0. The molecule has 0 N–H and O–H groups in total. The van der Waals surface area contributed by atoms with E-state index >= 15 is 0 Å². The van der Waals surface area contributed by atoms with Crippen molar-refractivity contribution in [3.63, 3.8) is 0 Å². The van der Waals surface area contributed by atoms with Gasteiger partial charge in [-0.2, -0.15) is 0 Å². The van der Waals surface area contributed by atoms with Crippen LogP contribution in [-0.2, 0) is 0 Å². The van der Waals surface area contributed by atoms with Crippen molar-refractivity contribution in [3.8, 4) is 40.1 Å². The molecule has 0 fully saturated rings. The minimum atomic E-state index is -0.0750. The lowest BCUT2D eigenvalue weighted by Crippen LogP contribution is -2.57. The predicted molar refractivity (Wildman–Crippen MR) is 183 cm³/mol. The molecule has 0 amide bonds. The molecular formula is C39H30BN3O2. The maximum atomic E-state index is 6.83. The Balaban J connectivity index is 1.34. The van der Waals surface area contributed by atoms with Crippen LogP contribution in [0.5, 0.6) is 23.0 Å². The first-order valence-electron chi connectivity index (χ1n) is 15.5. The lowest BCUT2D eigenvalue weighted by Gasteiger charge is -2.34. The van der Waals surface area contributed by atoms with Crippen molar-refractivity contribution in [2.24, 2.45) is 0 Å². The van der Waals surface area contributed by atoms with Gasteiger partial charge in [-0.3, -0.25) is 9.55 Å². The quantitative estimate of drug-likeness (QED) is 0.200. The third kappa shape index (κ3) is 3.88. The van der Waals surface area contributed by atoms with Gasteiger partial charge in [0, 0.05) is 34.2 Å². The Labute approximate surface area is 262 Å². The highest BCUT2D eigenvalue weighted by molar-refractivity contribution is 6.98. The van der Waals surface area contributed by atoms with E-state index in [1.165, 1.54) is 10.9 Å². The summed E-state index contributed by atoms with van der Waals surface area (Å²) >= 11 is 0. The molecule has 0 radical (unpaired) electrons. The molecule has 0 unspecified atom stereocenters. The van der Waals surface area contributed by atoms with Crippen molar-refractivity contribution in [1.82, 2.24) is 14.5 Å². The van der Waals surface area contributed by atoms with Gasteiger partial charge in [-0.05, 0) is 102 Å². The van der Waals surface area contributed by atoms with E-state index in [-0.39, 0.29) is 6.71 Å².